The number of hydrogen-bond donors (Lipinski definition) is 1. The van der Waals surface area contributed by atoms with E-state index in [0.29, 0.717) is 44.3 Å². The zero-order valence-electron chi connectivity index (χ0n) is 16.1. The number of nitrogens with zero attached hydrogens (tertiary/aromatic N) is 5. The predicted octanol–water partition coefficient (Wildman–Crippen LogP) is 2.27. The summed E-state index contributed by atoms with van der Waals surface area (Å²) in [5.41, 5.74) is 2.28. The van der Waals surface area contributed by atoms with Gasteiger partial charge in [-0.2, -0.15) is 15.0 Å². The average molecular weight is 407 g/mol. The lowest BCUT2D eigenvalue weighted by Crippen LogP contribution is -2.40. The number of nitrogens with one attached hydrogen (secondary N) is 1. The molecule has 1 aromatic carbocycles. The minimum atomic E-state index is 0. The summed E-state index contributed by atoms with van der Waals surface area (Å²) in [6.45, 7) is 8.08. The Bertz CT molecular complexity index is 712. The molecule has 0 aliphatic carbocycles. The van der Waals surface area contributed by atoms with Gasteiger partial charge in [0.2, 0.25) is 17.8 Å². The number of ether oxygens (including phenoxy) is 2. The van der Waals surface area contributed by atoms with E-state index < -0.39 is 0 Å². The largest absolute Gasteiger partial charge is 0.378 e. The van der Waals surface area contributed by atoms with Crippen LogP contribution in [0.4, 0.5) is 23.5 Å². The molecule has 0 atom stereocenters. The molecule has 2 aliphatic heterocycles. The van der Waals surface area contributed by atoms with Gasteiger partial charge in [0.25, 0.3) is 0 Å². The molecule has 0 radical (unpaired) electrons. The Balaban J connectivity index is 0.00000225. The molecule has 152 valence electrons. The maximum atomic E-state index is 5.46. The highest BCUT2D eigenvalue weighted by Gasteiger charge is 2.20. The minimum Gasteiger partial charge on any atom is -0.378 e. The molecule has 2 saturated heterocycles. The van der Waals surface area contributed by atoms with Crippen LogP contribution < -0.4 is 15.1 Å². The molecule has 28 heavy (non-hydrogen) atoms. The van der Waals surface area contributed by atoms with Gasteiger partial charge >= 0.3 is 0 Å². The summed E-state index contributed by atoms with van der Waals surface area (Å²) in [4.78, 5) is 18.4. The van der Waals surface area contributed by atoms with Crippen molar-refractivity contribution in [2.45, 2.75) is 13.3 Å². The smallest absolute Gasteiger partial charge is 0.233 e. The first-order valence-electron chi connectivity index (χ1n) is 9.59. The Morgan fingerprint density at radius 3 is 1.79 bits per heavy atom. The minimum absolute atomic E-state index is 0. The van der Waals surface area contributed by atoms with Crippen LogP contribution in [0.1, 0.15) is 12.5 Å². The lowest BCUT2D eigenvalue weighted by Gasteiger charge is -2.30. The van der Waals surface area contributed by atoms with Gasteiger partial charge in [-0.25, -0.2) is 0 Å². The molecule has 3 heterocycles. The van der Waals surface area contributed by atoms with Gasteiger partial charge in [-0.3, -0.25) is 0 Å². The third-order valence-electron chi connectivity index (χ3n) is 4.82. The second-order valence-corrected chi connectivity index (χ2v) is 6.63. The molecule has 2 aromatic rings. The molecule has 1 N–H and O–H groups in total. The number of aromatic nitrogens is 3. The molecular formula is C19H27ClN6O2. The van der Waals surface area contributed by atoms with Crippen molar-refractivity contribution in [1.82, 2.24) is 15.0 Å². The van der Waals surface area contributed by atoms with Crippen molar-refractivity contribution in [3.63, 3.8) is 0 Å². The third-order valence-corrected chi connectivity index (χ3v) is 4.82. The predicted molar refractivity (Wildman–Crippen MR) is 112 cm³/mol. The fourth-order valence-corrected chi connectivity index (χ4v) is 3.17. The monoisotopic (exact) mass is 406 g/mol. The van der Waals surface area contributed by atoms with Crippen molar-refractivity contribution >= 4 is 35.9 Å². The van der Waals surface area contributed by atoms with Gasteiger partial charge in [-0.05, 0) is 24.1 Å². The SMILES string of the molecule is CCc1ccc(Nc2nc(N3CCOCC3)nc(N3CCOCC3)n2)cc1.Cl. The maximum Gasteiger partial charge on any atom is 0.233 e. The molecule has 2 aliphatic rings. The quantitative estimate of drug-likeness (QED) is 0.810. The molecule has 9 heteroatoms. The summed E-state index contributed by atoms with van der Waals surface area (Å²) in [7, 11) is 0. The number of rotatable bonds is 5. The first kappa shape index (κ1) is 20.6. The highest BCUT2D eigenvalue weighted by Crippen LogP contribution is 2.21. The Hall–Kier alpha value is -2.16. The molecular weight excluding hydrogens is 380 g/mol. The highest BCUT2D eigenvalue weighted by molar-refractivity contribution is 5.85. The summed E-state index contributed by atoms with van der Waals surface area (Å²) in [6, 6.07) is 8.36. The molecule has 0 amide bonds. The number of halogens is 1. The van der Waals surface area contributed by atoms with Crippen LogP contribution >= 0.6 is 12.4 Å². The summed E-state index contributed by atoms with van der Waals surface area (Å²) < 4.78 is 10.9. The molecule has 0 bridgehead atoms. The van der Waals surface area contributed by atoms with Crippen molar-refractivity contribution in [3.8, 4) is 0 Å². The van der Waals surface area contributed by atoms with Crippen LogP contribution in [0.2, 0.25) is 0 Å². The van der Waals surface area contributed by atoms with Crippen LogP contribution in [0, 0.1) is 0 Å². The summed E-state index contributed by atoms with van der Waals surface area (Å²) in [6.07, 6.45) is 1.02. The number of benzene rings is 1. The van der Waals surface area contributed by atoms with E-state index in [0.717, 1.165) is 38.3 Å². The Morgan fingerprint density at radius 1 is 0.821 bits per heavy atom. The van der Waals surface area contributed by atoms with Gasteiger partial charge < -0.3 is 24.6 Å². The summed E-state index contributed by atoms with van der Waals surface area (Å²) >= 11 is 0. The lowest BCUT2D eigenvalue weighted by molar-refractivity contribution is 0.121. The Kier molecular flexibility index (Phi) is 7.24. The first-order valence-corrected chi connectivity index (χ1v) is 9.59. The zero-order valence-corrected chi connectivity index (χ0v) is 17.0. The number of hydrogen-bond acceptors (Lipinski definition) is 8. The molecule has 0 spiro atoms. The molecule has 2 fully saturated rings. The van der Waals surface area contributed by atoms with E-state index in [-0.39, 0.29) is 12.4 Å². The third kappa shape index (κ3) is 5.01. The molecule has 1 aromatic heterocycles. The maximum absolute atomic E-state index is 5.46. The Labute approximate surface area is 171 Å². The average Bonchev–Trinajstić information content (AvgIpc) is 2.75. The van der Waals surface area contributed by atoms with Crippen molar-refractivity contribution in [3.05, 3.63) is 29.8 Å². The normalized spacial score (nSPS) is 17.2. The summed E-state index contributed by atoms with van der Waals surface area (Å²) in [5.74, 6) is 1.96. The second-order valence-electron chi connectivity index (χ2n) is 6.63. The van der Waals surface area contributed by atoms with E-state index >= 15 is 0 Å². The van der Waals surface area contributed by atoms with Crippen LogP contribution in [0.25, 0.3) is 0 Å². The van der Waals surface area contributed by atoms with Crippen molar-refractivity contribution in [1.29, 1.82) is 0 Å². The van der Waals surface area contributed by atoms with Gasteiger partial charge in [0, 0.05) is 31.9 Å². The van der Waals surface area contributed by atoms with Gasteiger partial charge in [-0.1, -0.05) is 19.1 Å². The van der Waals surface area contributed by atoms with E-state index in [1.807, 2.05) is 0 Å². The van der Waals surface area contributed by atoms with E-state index in [2.05, 4.69) is 56.3 Å². The fourth-order valence-electron chi connectivity index (χ4n) is 3.17. The Morgan fingerprint density at radius 2 is 1.32 bits per heavy atom. The highest BCUT2D eigenvalue weighted by atomic mass is 35.5. The van der Waals surface area contributed by atoms with Gasteiger partial charge in [0.05, 0.1) is 26.4 Å². The topological polar surface area (TPSA) is 75.6 Å². The molecule has 0 unspecified atom stereocenters. The van der Waals surface area contributed by atoms with Crippen molar-refractivity contribution < 1.29 is 9.47 Å². The second kappa shape index (κ2) is 9.86. The van der Waals surface area contributed by atoms with Gasteiger partial charge in [0.15, 0.2) is 0 Å². The summed E-state index contributed by atoms with van der Waals surface area (Å²) in [5, 5.41) is 3.34. The fraction of sp³-hybridized carbons (Fsp3) is 0.526. The molecule has 0 saturated carbocycles. The van der Waals surface area contributed by atoms with Gasteiger partial charge in [-0.15, -0.1) is 12.4 Å². The van der Waals surface area contributed by atoms with Crippen LogP contribution in [0.15, 0.2) is 24.3 Å². The van der Waals surface area contributed by atoms with Crippen molar-refractivity contribution in [2.75, 3.05) is 67.7 Å². The number of morpholine rings is 2. The van der Waals surface area contributed by atoms with E-state index in [9.17, 15) is 0 Å². The number of aryl methyl sites for hydroxylation is 1. The molecule has 8 nitrogen and oxygen atoms in total. The standard InChI is InChI=1S/C19H26N6O2.ClH/c1-2-15-3-5-16(6-4-15)20-17-21-18(24-7-11-26-12-8-24)23-19(22-17)25-9-13-27-14-10-25;/h3-6H,2,7-14H2,1H3,(H,20,21,22,23);1H. The number of anilines is 4. The van der Waals surface area contributed by atoms with Crippen molar-refractivity contribution in [2.24, 2.45) is 0 Å². The van der Waals surface area contributed by atoms with E-state index in [4.69, 9.17) is 14.5 Å². The molecule has 4 rings (SSSR count). The van der Waals surface area contributed by atoms with Crippen LogP contribution in [0.3, 0.4) is 0 Å². The van der Waals surface area contributed by atoms with E-state index in [1.54, 1.807) is 0 Å². The van der Waals surface area contributed by atoms with Crippen LogP contribution in [0.5, 0.6) is 0 Å². The van der Waals surface area contributed by atoms with Crippen LogP contribution in [-0.2, 0) is 15.9 Å². The first-order chi connectivity index (χ1) is 13.3. The van der Waals surface area contributed by atoms with E-state index in [1.165, 1.54) is 5.56 Å². The van der Waals surface area contributed by atoms with Gasteiger partial charge in [0.1, 0.15) is 0 Å². The zero-order chi connectivity index (χ0) is 18.5. The lowest BCUT2D eigenvalue weighted by atomic mass is 10.1. The van der Waals surface area contributed by atoms with Crippen LogP contribution in [-0.4, -0.2) is 67.6 Å².